The van der Waals surface area contributed by atoms with E-state index < -0.39 is 18.1 Å². The molecule has 7 heteroatoms. The third-order valence-corrected chi connectivity index (χ3v) is 4.47. The van der Waals surface area contributed by atoms with Crippen LogP contribution in [0.3, 0.4) is 0 Å². The highest BCUT2D eigenvalue weighted by Gasteiger charge is 2.43. The third kappa shape index (κ3) is 4.87. The summed E-state index contributed by atoms with van der Waals surface area (Å²) in [6.07, 6.45) is -3.60. The van der Waals surface area contributed by atoms with Gasteiger partial charge in [-0.15, -0.1) is 0 Å². The molecule has 1 aliphatic heterocycles. The van der Waals surface area contributed by atoms with Crippen LogP contribution < -0.4 is 10.1 Å². The van der Waals surface area contributed by atoms with Gasteiger partial charge in [-0.25, -0.2) is 0 Å². The van der Waals surface area contributed by atoms with Crippen LogP contribution in [0.2, 0.25) is 0 Å². The van der Waals surface area contributed by atoms with E-state index in [1.54, 1.807) is 31.1 Å². The summed E-state index contributed by atoms with van der Waals surface area (Å²) >= 11 is 0. The highest BCUT2D eigenvalue weighted by atomic mass is 19.4. The first-order valence-electron chi connectivity index (χ1n) is 8.02. The first kappa shape index (κ1) is 18.6. The lowest BCUT2D eigenvalue weighted by Crippen LogP contribution is -2.51. The normalized spacial score (nSPS) is 20.5. The van der Waals surface area contributed by atoms with Crippen LogP contribution in [0.4, 0.5) is 13.2 Å². The van der Waals surface area contributed by atoms with Gasteiger partial charge in [0.15, 0.2) is 0 Å². The van der Waals surface area contributed by atoms with Gasteiger partial charge in [0, 0.05) is 13.1 Å². The zero-order valence-corrected chi connectivity index (χ0v) is 13.9. The maximum absolute atomic E-state index is 12.9. The number of ether oxygens (including phenoxy) is 1. The molecular weight excluding hydrogens is 321 g/mol. The van der Waals surface area contributed by atoms with E-state index in [4.69, 9.17) is 4.74 Å². The second-order valence-electron chi connectivity index (χ2n) is 6.12. The summed E-state index contributed by atoms with van der Waals surface area (Å²) in [5, 5.41) is 2.78. The van der Waals surface area contributed by atoms with Crippen molar-refractivity contribution in [3.05, 3.63) is 29.8 Å². The van der Waals surface area contributed by atoms with Crippen LogP contribution in [0.15, 0.2) is 24.3 Å². The number of rotatable bonds is 5. The molecule has 0 spiro atoms. The Bertz CT molecular complexity index is 546. The van der Waals surface area contributed by atoms with Crippen LogP contribution in [-0.4, -0.2) is 43.2 Å². The maximum atomic E-state index is 12.9. The second-order valence-corrected chi connectivity index (χ2v) is 6.12. The van der Waals surface area contributed by atoms with E-state index in [0.717, 1.165) is 11.3 Å². The Morgan fingerprint density at radius 1 is 1.38 bits per heavy atom. The monoisotopic (exact) mass is 344 g/mol. The largest absolute Gasteiger partial charge is 0.497 e. The van der Waals surface area contributed by atoms with E-state index >= 15 is 0 Å². The van der Waals surface area contributed by atoms with Crippen LogP contribution >= 0.6 is 0 Å². The number of amides is 1. The van der Waals surface area contributed by atoms with Crippen molar-refractivity contribution in [3.8, 4) is 5.75 Å². The van der Waals surface area contributed by atoms with Gasteiger partial charge in [0.2, 0.25) is 5.91 Å². The number of alkyl halides is 3. The molecule has 1 fully saturated rings. The minimum absolute atomic E-state index is 0.110. The fourth-order valence-corrected chi connectivity index (χ4v) is 2.87. The van der Waals surface area contributed by atoms with E-state index in [1.807, 2.05) is 12.1 Å². The van der Waals surface area contributed by atoms with Crippen LogP contribution in [-0.2, 0) is 11.3 Å². The number of hydrogen-bond donors (Lipinski definition) is 1. The molecule has 0 aromatic heterocycles. The summed E-state index contributed by atoms with van der Waals surface area (Å²) in [4.78, 5) is 13.9. The second kappa shape index (κ2) is 7.88. The fraction of sp³-hybridized carbons (Fsp3) is 0.588. The minimum atomic E-state index is -4.20. The molecule has 24 heavy (non-hydrogen) atoms. The van der Waals surface area contributed by atoms with Crippen molar-refractivity contribution in [2.24, 2.45) is 5.92 Å². The van der Waals surface area contributed by atoms with Crippen molar-refractivity contribution >= 4 is 5.91 Å². The van der Waals surface area contributed by atoms with Crippen molar-refractivity contribution in [2.75, 3.05) is 20.2 Å². The lowest BCUT2D eigenvalue weighted by Gasteiger charge is -2.36. The highest BCUT2D eigenvalue weighted by Crippen LogP contribution is 2.33. The quantitative estimate of drug-likeness (QED) is 0.893. The predicted octanol–water partition coefficient (Wildman–Crippen LogP) is 2.97. The molecular formula is C17H23F3N2O2. The van der Waals surface area contributed by atoms with E-state index in [1.165, 1.54) is 0 Å². The van der Waals surface area contributed by atoms with Crippen molar-refractivity contribution in [3.63, 3.8) is 0 Å². The highest BCUT2D eigenvalue weighted by molar-refractivity contribution is 5.81. The van der Waals surface area contributed by atoms with Gasteiger partial charge in [0.05, 0.1) is 19.1 Å². The van der Waals surface area contributed by atoms with Crippen molar-refractivity contribution in [1.29, 1.82) is 0 Å². The number of hydrogen-bond acceptors (Lipinski definition) is 3. The molecule has 1 aliphatic rings. The molecule has 0 saturated carbocycles. The van der Waals surface area contributed by atoms with Crippen molar-refractivity contribution in [1.82, 2.24) is 10.2 Å². The summed E-state index contributed by atoms with van der Waals surface area (Å²) in [5.41, 5.74) is 0.906. The zero-order valence-electron chi connectivity index (χ0n) is 13.9. The average molecular weight is 344 g/mol. The van der Waals surface area contributed by atoms with Gasteiger partial charge in [-0.2, -0.15) is 13.2 Å². The summed E-state index contributed by atoms with van der Waals surface area (Å²) in [7, 11) is 1.57. The Morgan fingerprint density at radius 2 is 2.04 bits per heavy atom. The number of benzene rings is 1. The molecule has 134 valence electrons. The molecule has 0 unspecified atom stereocenters. The van der Waals surface area contributed by atoms with Crippen molar-refractivity contribution < 1.29 is 22.7 Å². The van der Waals surface area contributed by atoms with Gasteiger partial charge in [-0.05, 0) is 44.0 Å². The van der Waals surface area contributed by atoms with Gasteiger partial charge in [0.25, 0.3) is 0 Å². The fourth-order valence-electron chi connectivity index (χ4n) is 2.87. The topological polar surface area (TPSA) is 41.6 Å². The Balaban J connectivity index is 1.86. The molecule has 0 bridgehead atoms. The first-order chi connectivity index (χ1) is 11.3. The minimum Gasteiger partial charge on any atom is -0.497 e. The standard InChI is InChI=1S/C17H23F3N2O2/c1-12(22-9-3-4-14(11-22)17(18,19)20)16(23)21-10-13-5-7-15(24-2)8-6-13/h5-8,12,14H,3-4,9-11H2,1-2H3,(H,21,23)/t12-,14+/m1/s1. The molecule has 1 heterocycles. The number of nitrogens with one attached hydrogen (secondary N) is 1. The number of likely N-dealkylation sites (tertiary alicyclic amines) is 1. The number of methoxy groups -OCH3 is 1. The van der Waals surface area contributed by atoms with Gasteiger partial charge in [-0.3, -0.25) is 9.69 Å². The lowest BCUT2D eigenvalue weighted by atomic mass is 9.96. The van der Waals surface area contributed by atoms with Gasteiger partial charge < -0.3 is 10.1 Å². The third-order valence-electron chi connectivity index (χ3n) is 4.47. The summed E-state index contributed by atoms with van der Waals surface area (Å²) < 4.78 is 43.7. The Morgan fingerprint density at radius 3 is 2.62 bits per heavy atom. The Hall–Kier alpha value is -1.76. The molecule has 1 aromatic carbocycles. The van der Waals surface area contributed by atoms with Gasteiger partial charge in [0.1, 0.15) is 5.75 Å². The van der Waals surface area contributed by atoms with E-state index in [2.05, 4.69) is 5.32 Å². The van der Waals surface area contributed by atoms with Crippen LogP contribution in [0.1, 0.15) is 25.3 Å². The molecule has 2 atom stereocenters. The van der Waals surface area contributed by atoms with Crippen LogP contribution in [0.5, 0.6) is 5.75 Å². The molecule has 1 N–H and O–H groups in total. The zero-order chi connectivity index (χ0) is 17.7. The Kier molecular flexibility index (Phi) is 6.10. The maximum Gasteiger partial charge on any atom is 0.393 e. The Labute approximate surface area is 140 Å². The van der Waals surface area contributed by atoms with Crippen LogP contribution in [0, 0.1) is 5.92 Å². The van der Waals surface area contributed by atoms with Gasteiger partial charge in [-0.1, -0.05) is 12.1 Å². The molecule has 1 aromatic rings. The first-order valence-corrected chi connectivity index (χ1v) is 8.02. The molecule has 1 amide bonds. The van der Waals surface area contributed by atoms with Gasteiger partial charge >= 0.3 is 6.18 Å². The smallest absolute Gasteiger partial charge is 0.393 e. The lowest BCUT2D eigenvalue weighted by molar-refractivity contribution is -0.188. The van der Waals surface area contributed by atoms with Crippen LogP contribution in [0.25, 0.3) is 0 Å². The number of piperidine rings is 1. The summed E-state index contributed by atoms with van der Waals surface area (Å²) in [6, 6.07) is 6.69. The van der Waals surface area contributed by atoms with Crippen molar-refractivity contribution in [2.45, 2.75) is 38.5 Å². The molecule has 0 radical (unpaired) electrons. The molecule has 2 rings (SSSR count). The van der Waals surface area contributed by atoms with E-state index in [-0.39, 0.29) is 18.9 Å². The number of halogens is 3. The summed E-state index contributed by atoms with van der Waals surface area (Å²) in [6.45, 7) is 2.40. The molecule has 4 nitrogen and oxygen atoms in total. The predicted molar refractivity (Wildman–Crippen MR) is 84.7 cm³/mol. The number of carbonyl (C=O) groups excluding carboxylic acids is 1. The van der Waals surface area contributed by atoms with E-state index in [0.29, 0.717) is 19.5 Å². The summed E-state index contributed by atoms with van der Waals surface area (Å²) in [5.74, 6) is -0.873. The number of nitrogens with zero attached hydrogens (tertiary/aromatic N) is 1. The molecule has 0 aliphatic carbocycles. The average Bonchev–Trinajstić information content (AvgIpc) is 2.58. The number of carbonyl (C=O) groups is 1. The van der Waals surface area contributed by atoms with E-state index in [9.17, 15) is 18.0 Å². The SMILES string of the molecule is COc1ccc(CNC(=O)[C@@H](C)N2CCC[C@H](C(F)(F)F)C2)cc1. The molecule has 1 saturated heterocycles.